The second kappa shape index (κ2) is 11.3. The zero-order chi connectivity index (χ0) is 25.8. The van der Waals surface area contributed by atoms with Gasteiger partial charge in [0.1, 0.15) is 18.0 Å². The monoisotopic (exact) mass is 509 g/mol. The number of aliphatic carboxylic acids is 1. The molecular formula is C27H35N5O5. The number of nitrogen functional groups attached to an aromatic ring is 1. The lowest BCUT2D eigenvalue weighted by Crippen LogP contribution is -2.32. The van der Waals surface area contributed by atoms with Crippen LogP contribution in [-0.4, -0.2) is 59.4 Å². The minimum absolute atomic E-state index is 0.0938. The average Bonchev–Trinajstić information content (AvgIpc) is 3.34. The number of nitrogens with one attached hydrogen (secondary N) is 1. The first-order valence-corrected chi connectivity index (χ1v) is 13.3. The molecule has 4 N–H and O–H groups in total. The molecule has 1 atom stereocenters. The SMILES string of the molecule is Nc1nc(NCCC2CCCO2)nc2c1C(=O)N(c1ccc([C@H]3CC[C@H](CC(=O)O)CC3)cc1)CCO2. The summed E-state index contributed by atoms with van der Waals surface area (Å²) in [4.78, 5) is 34.9. The van der Waals surface area contributed by atoms with Crippen LogP contribution < -0.4 is 20.7 Å². The third-order valence-electron chi connectivity index (χ3n) is 7.68. The Morgan fingerprint density at radius 2 is 1.89 bits per heavy atom. The molecule has 1 aliphatic carbocycles. The summed E-state index contributed by atoms with van der Waals surface area (Å²) in [6, 6.07) is 8.05. The van der Waals surface area contributed by atoms with Crippen molar-refractivity contribution >= 4 is 29.3 Å². The lowest BCUT2D eigenvalue weighted by molar-refractivity contribution is -0.138. The van der Waals surface area contributed by atoms with Gasteiger partial charge in [-0.1, -0.05) is 12.1 Å². The molecule has 3 heterocycles. The van der Waals surface area contributed by atoms with E-state index >= 15 is 0 Å². The van der Waals surface area contributed by atoms with Crippen LogP contribution in [0.4, 0.5) is 17.5 Å². The van der Waals surface area contributed by atoms with Gasteiger partial charge < -0.3 is 30.5 Å². The van der Waals surface area contributed by atoms with E-state index in [4.69, 9.17) is 20.3 Å². The molecule has 2 aromatic rings. The molecule has 10 heteroatoms. The molecule has 1 aromatic heterocycles. The van der Waals surface area contributed by atoms with E-state index in [-0.39, 0.29) is 41.6 Å². The molecule has 1 saturated heterocycles. The normalized spacial score (nSPS) is 23.7. The van der Waals surface area contributed by atoms with Crippen LogP contribution in [0.25, 0.3) is 0 Å². The first-order chi connectivity index (χ1) is 18.0. The number of ether oxygens (including phenoxy) is 2. The first-order valence-electron chi connectivity index (χ1n) is 13.3. The van der Waals surface area contributed by atoms with Crippen molar-refractivity contribution in [1.29, 1.82) is 0 Å². The molecule has 0 spiro atoms. The maximum atomic E-state index is 13.5. The van der Waals surface area contributed by atoms with Crippen LogP contribution in [0.15, 0.2) is 24.3 Å². The standard InChI is InChI=1S/C27H35N5O5/c28-24-23-25(31-27(30-24)29-12-11-21-2-1-14-36-21)37-15-13-32(26(23)35)20-9-7-19(8-10-20)18-5-3-17(4-6-18)16-22(33)34/h7-10,17-18,21H,1-6,11-16H2,(H,33,34)(H3,28,29,30,31)/t17-,18-,21?. The lowest BCUT2D eigenvalue weighted by atomic mass is 9.77. The fourth-order valence-electron chi connectivity index (χ4n) is 5.65. The summed E-state index contributed by atoms with van der Waals surface area (Å²) < 4.78 is 11.5. The Labute approximate surface area is 216 Å². The van der Waals surface area contributed by atoms with Gasteiger partial charge in [0.15, 0.2) is 0 Å². The predicted octanol–water partition coefficient (Wildman–Crippen LogP) is 3.83. The van der Waals surface area contributed by atoms with Crippen LogP contribution in [0.1, 0.15) is 73.2 Å². The van der Waals surface area contributed by atoms with E-state index in [1.807, 2.05) is 12.1 Å². The second-order valence-electron chi connectivity index (χ2n) is 10.2. The van der Waals surface area contributed by atoms with Gasteiger partial charge >= 0.3 is 5.97 Å². The van der Waals surface area contributed by atoms with Crippen molar-refractivity contribution < 1.29 is 24.2 Å². The van der Waals surface area contributed by atoms with Crippen molar-refractivity contribution in [2.75, 3.05) is 42.3 Å². The number of carbonyl (C=O) groups is 2. The number of anilines is 3. The molecule has 0 radical (unpaired) electrons. The van der Waals surface area contributed by atoms with Crippen molar-refractivity contribution in [2.24, 2.45) is 5.92 Å². The van der Waals surface area contributed by atoms with Crippen molar-refractivity contribution in [3.05, 3.63) is 35.4 Å². The minimum atomic E-state index is -0.714. The molecule has 198 valence electrons. The molecule has 1 aromatic carbocycles. The van der Waals surface area contributed by atoms with Gasteiger partial charge in [0.2, 0.25) is 11.8 Å². The summed E-state index contributed by atoms with van der Waals surface area (Å²) in [6.07, 6.45) is 7.37. The van der Waals surface area contributed by atoms with Crippen LogP contribution in [0.3, 0.4) is 0 Å². The van der Waals surface area contributed by atoms with E-state index < -0.39 is 5.97 Å². The Hall–Kier alpha value is -3.40. The fraction of sp³-hybridized carbons (Fsp3) is 0.556. The Morgan fingerprint density at radius 1 is 1.11 bits per heavy atom. The van der Waals surface area contributed by atoms with E-state index in [0.29, 0.717) is 31.6 Å². The summed E-state index contributed by atoms with van der Waals surface area (Å²) in [6.45, 7) is 2.13. The molecular weight excluding hydrogens is 474 g/mol. The number of aromatic nitrogens is 2. The molecule has 1 amide bonds. The molecule has 10 nitrogen and oxygen atoms in total. The van der Waals surface area contributed by atoms with Gasteiger partial charge in [-0.3, -0.25) is 9.59 Å². The van der Waals surface area contributed by atoms with Gasteiger partial charge in [0, 0.05) is 25.3 Å². The number of carboxylic acid groups (broad SMARTS) is 1. The van der Waals surface area contributed by atoms with Crippen molar-refractivity contribution in [1.82, 2.24) is 9.97 Å². The third kappa shape index (κ3) is 5.95. The molecule has 37 heavy (non-hydrogen) atoms. The molecule has 3 aliphatic rings. The number of carboxylic acids is 1. The van der Waals surface area contributed by atoms with E-state index in [9.17, 15) is 9.59 Å². The summed E-state index contributed by atoms with van der Waals surface area (Å²) in [5, 5.41) is 12.2. The quantitative estimate of drug-likeness (QED) is 0.484. The molecule has 1 unspecified atom stereocenters. The number of carbonyl (C=O) groups excluding carboxylic acids is 1. The lowest BCUT2D eigenvalue weighted by Gasteiger charge is -2.28. The zero-order valence-corrected chi connectivity index (χ0v) is 21.0. The van der Waals surface area contributed by atoms with E-state index in [1.54, 1.807) is 4.90 Å². The number of hydrogen-bond donors (Lipinski definition) is 3. The molecule has 0 bridgehead atoms. The Bertz CT molecular complexity index is 1110. The highest BCUT2D eigenvalue weighted by Gasteiger charge is 2.30. The maximum absolute atomic E-state index is 13.5. The number of amides is 1. The highest BCUT2D eigenvalue weighted by Crippen LogP contribution is 2.38. The first kappa shape index (κ1) is 25.3. The molecule has 2 fully saturated rings. The van der Waals surface area contributed by atoms with Crippen molar-refractivity contribution in [3.8, 4) is 5.88 Å². The smallest absolute Gasteiger partial charge is 0.303 e. The predicted molar refractivity (Wildman–Crippen MR) is 139 cm³/mol. The number of nitrogens with two attached hydrogens (primary N) is 1. The van der Waals surface area contributed by atoms with Crippen LogP contribution in [-0.2, 0) is 9.53 Å². The highest BCUT2D eigenvalue weighted by atomic mass is 16.5. The Kier molecular flexibility index (Phi) is 7.73. The molecule has 1 saturated carbocycles. The largest absolute Gasteiger partial charge is 0.481 e. The van der Waals surface area contributed by atoms with Gasteiger partial charge in [-0.25, -0.2) is 0 Å². The second-order valence-corrected chi connectivity index (χ2v) is 10.2. The van der Waals surface area contributed by atoms with Crippen molar-refractivity contribution in [2.45, 2.75) is 63.4 Å². The van der Waals surface area contributed by atoms with Gasteiger partial charge in [-0.15, -0.1) is 0 Å². The fourth-order valence-corrected chi connectivity index (χ4v) is 5.65. The highest BCUT2D eigenvalue weighted by molar-refractivity contribution is 6.10. The number of rotatable bonds is 8. The van der Waals surface area contributed by atoms with Gasteiger partial charge in [0.25, 0.3) is 5.91 Å². The number of nitrogens with zero attached hydrogens (tertiary/aromatic N) is 3. The zero-order valence-electron chi connectivity index (χ0n) is 21.0. The van der Waals surface area contributed by atoms with E-state index in [2.05, 4.69) is 27.4 Å². The summed E-state index contributed by atoms with van der Waals surface area (Å²) in [7, 11) is 0. The van der Waals surface area contributed by atoms with Gasteiger partial charge in [-0.2, -0.15) is 9.97 Å². The third-order valence-corrected chi connectivity index (χ3v) is 7.68. The number of fused-ring (bicyclic) bond motifs is 1. The minimum Gasteiger partial charge on any atom is -0.481 e. The summed E-state index contributed by atoms with van der Waals surface area (Å²) in [5.74, 6) is 0.334. The maximum Gasteiger partial charge on any atom is 0.303 e. The van der Waals surface area contributed by atoms with E-state index in [0.717, 1.165) is 57.2 Å². The van der Waals surface area contributed by atoms with Crippen LogP contribution in [0, 0.1) is 5.92 Å². The number of benzene rings is 1. The molecule has 2 aliphatic heterocycles. The summed E-state index contributed by atoms with van der Waals surface area (Å²) >= 11 is 0. The van der Waals surface area contributed by atoms with Gasteiger partial charge in [0.05, 0.1) is 12.6 Å². The Balaban J connectivity index is 1.24. The molecule has 5 rings (SSSR count). The Morgan fingerprint density at radius 3 is 2.59 bits per heavy atom. The average molecular weight is 510 g/mol. The van der Waals surface area contributed by atoms with E-state index in [1.165, 1.54) is 5.56 Å². The number of hydrogen-bond acceptors (Lipinski definition) is 8. The summed E-state index contributed by atoms with van der Waals surface area (Å²) in [5.41, 5.74) is 8.39. The van der Waals surface area contributed by atoms with Crippen LogP contribution >= 0.6 is 0 Å². The van der Waals surface area contributed by atoms with Crippen molar-refractivity contribution in [3.63, 3.8) is 0 Å². The topological polar surface area (TPSA) is 140 Å². The van der Waals surface area contributed by atoms with Crippen LogP contribution in [0.2, 0.25) is 0 Å². The van der Waals surface area contributed by atoms with Crippen LogP contribution in [0.5, 0.6) is 5.88 Å². The van der Waals surface area contributed by atoms with Gasteiger partial charge in [-0.05, 0) is 74.5 Å².